The second-order valence-corrected chi connectivity index (χ2v) is 10.8. The first-order chi connectivity index (χ1) is 13.5. The molecule has 0 saturated heterocycles. The lowest BCUT2D eigenvalue weighted by Crippen LogP contribution is -2.35. The Hall–Kier alpha value is -1.93. The lowest BCUT2D eigenvalue weighted by molar-refractivity contribution is 0.257. The number of amides is 2. The van der Waals surface area contributed by atoms with E-state index < -0.39 is 15.7 Å². The van der Waals surface area contributed by atoms with E-state index in [0.717, 1.165) is 68.0 Å². The van der Waals surface area contributed by atoms with E-state index in [9.17, 15) is 9.00 Å². The third kappa shape index (κ3) is 3.03. The summed E-state index contributed by atoms with van der Waals surface area (Å²) in [5, 5.41) is 8.21. The van der Waals surface area contributed by atoms with Gasteiger partial charge in [-0.05, 0) is 73.1 Å². The summed E-state index contributed by atoms with van der Waals surface area (Å²) in [5.41, 5.74) is 6.16. The molecule has 1 unspecified atom stereocenters. The van der Waals surface area contributed by atoms with Gasteiger partial charge in [-0.2, -0.15) is 5.10 Å². The third-order valence-corrected chi connectivity index (χ3v) is 8.69. The summed E-state index contributed by atoms with van der Waals surface area (Å²) in [6.45, 7) is 0.812. The smallest absolute Gasteiger partial charge is 0.307 e. The average Bonchev–Trinajstić information content (AvgIpc) is 3.39. The summed E-state index contributed by atoms with van der Waals surface area (Å²) >= 11 is 1.62. The largest absolute Gasteiger partial charge is 0.330 e. The van der Waals surface area contributed by atoms with Crippen LogP contribution < -0.4 is 10.0 Å². The number of nitrogens with one attached hydrogen (secondary N) is 2. The van der Waals surface area contributed by atoms with Crippen LogP contribution in [0.1, 0.15) is 41.5 Å². The van der Waals surface area contributed by atoms with Crippen molar-refractivity contribution in [1.82, 2.24) is 14.5 Å². The summed E-state index contributed by atoms with van der Waals surface area (Å²) in [4.78, 5) is 13.3. The number of carbonyl (C=O) groups is 1. The second-order valence-electron chi connectivity index (χ2n) is 7.70. The number of carbonyl (C=O) groups excluding carboxylic acids is 1. The van der Waals surface area contributed by atoms with Gasteiger partial charge >= 0.3 is 6.03 Å². The molecule has 3 aliphatic rings. The van der Waals surface area contributed by atoms with E-state index in [0.29, 0.717) is 4.90 Å². The van der Waals surface area contributed by atoms with Crippen LogP contribution in [0.2, 0.25) is 0 Å². The number of fused-ring (bicyclic) bond motifs is 3. The summed E-state index contributed by atoms with van der Waals surface area (Å²) in [6, 6.07) is 1.88. The number of benzene rings is 1. The van der Waals surface area contributed by atoms with Crippen LogP contribution in [-0.4, -0.2) is 31.6 Å². The fraction of sp³-hybridized carbons (Fsp3) is 0.450. The molecule has 2 heterocycles. The Bertz CT molecular complexity index is 1040. The van der Waals surface area contributed by atoms with E-state index in [4.69, 9.17) is 0 Å². The molecule has 2 aromatic rings. The van der Waals surface area contributed by atoms with Crippen LogP contribution in [0.15, 0.2) is 22.2 Å². The van der Waals surface area contributed by atoms with E-state index in [1.165, 1.54) is 22.3 Å². The third-order valence-electron chi connectivity index (χ3n) is 5.84. The van der Waals surface area contributed by atoms with E-state index in [1.54, 1.807) is 18.0 Å². The Morgan fingerprint density at radius 3 is 2.57 bits per heavy atom. The van der Waals surface area contributed by atoms with Crippen LogP contribution >= 0.6 is 11.8 Å². The summed E-state index contributed by atoms with van der Waals surface area (Å²) in [7, 11) is -2.97. The van der Waals surface area contributed by atoms with Gasteiger partial charge in [0.1, 0.15) is 9.92 Å². The first-order valence-corrected chi connectivity index (χ1v) is 12.6. The number of aryl methyl sites for hydroxylation is 3. The van der Waals surface area contributed by atoms with Crippen molar-refractivity contribution in [2.24, 2.45) is 0 Å². The topological polar surface area (TPSA) is 76.0 Å². The van der Waals surface area contributed by atoms with E-state index >= 15 is 0 Å². The van der Waals surface area contributed by atoms with Gasteiger partial charge in [0.05, 0.1) is 15.9 Å². The molecule has 2 amide bonds. The molecule has 0 fully saturated rings. The minimum atomic E-state index is -2.97. The van der Waals surface area contributed by atoms with Crippen LogP contribution in [-0.2, 0) is 41.9 Å². The lowest BCUT2D eigenvalue weighted by Gasteiger charge is -2.19. The molecular formula is C20H24N4O2S2. The SMILES string of the molecule is C=S(=O)(NC(=O)Nc1c2c(cc3c1CCC3)CCC2)c1cnn2c1SCCC2. The molecule has 1 aromatic carbocycles. The molecule has 28 heavy (non-hydrogen) atoms. The molecule has 1 aliphatic heterocycles. The van der Waals surface area contributed by atoms with Crippen LogP contribution in [0.25, 0.3) is 0 Å². The first-order valence-electron chi connectivity index (χ1n) is 9.84. The average molecular weight is 417 g/mol. The van der Waals surface area contributed by atoms with Crippen molar-refractivity contribution in [3.63, 3.8) is 0 Å². The predicted octanol–water partition coefficient (Wildman–Crippen LogP) is 3.17. The Kier molecular flexibility index (Phi) is 4.43. The van der Waals surface area contributed by atoms with Crippen LogP contribution in [0.4, 0.5) is 10.5 Å². The van der Waals surface area contributed by atoms with Crippen molar-refractivity contribution in [3.05, 3.63) is 34.5 Å². The maximum Gasteiger partial charge on any atom is 0.330 e. The van der Waals surface area contributed by atoms with Crippen molar-refractivity contribution < 1.29 is 9.00 Å². The number of thioether (sulfide) groups is 1. The molecule has 2 aliphatic carbocycles. The number of anilines is 1. The van der Waals surface area contributed by atoms with Crippen molar-refractivity contribution in [3.8, 4) is 0 Å². The van der Waals surface area contributed by atoms with Crippen molar-refractivity contribution in [2.45, 2.75) is 61.4 Å². The van der Waals surface area contributed by atoms with Gasteiger partial charge in [0.2, 0.25) is 0 Å². The fourth-order valence-electron chi connectivity index (χ4n) is 4.58. The highest BCUT2D eigenvalue weighted by molar-refractivity contribution is 8.02. The van der Waals surface area contributed by atoms with Gasteiger partial charge in [-0.25, -0.2) is 9.00 Å². The molecule has 1 atom stereocenters. The minimum Gasteiger partial charge on any atom is -0.307 e. The van der Waals surface area contributed by atoms with Gasteiger partial charge in [0.15, 0.2) is 0 Å². The van der Waals surface area contributed by atoms with E-state index in [1.807, 2.05) is 4.68 Å². The molecule has 1 aromatic heterocycles. The highest BCUT2D eigenvalue weighted by atomic mass is 32.2. The quantitative estimate of drug-likeness (QED) is 0.754. The van der Waals surface area contributed by atoms with E-state index in [-0.39, 0.29) is 0 Å². The van der Waals surface area contributed by atoms with Crippen LogP contribution in [0, 0.1) is 0 Å². The van der Waals surface area contributed by atoms with Crippen LogP contribution in [0.5, 0.6) is 0 Å². The molecule has 6 nitrogen and oxygen atoms in total. The monoisotopic (exact) mass is 416 g/mol. The maximum atomic E-state index is 13.2. The zero-order valence-corrected chi connectivity index (χ0v) is 17.4. The molecule has 0 radical (unpaired) electrons. The second kappa shape index (κ2) is 6.84. The Labute approximate surface area is 169 Å². The highest BCUT2D eigenvalue weighted by Gasteiger charge is 2.27. The van der Waals surface area contributed by atoms with Gasteiger partial charge in [0, 0.05) is 18.0 Å². The molecule has 148 valence electrons. The Morgan fingerprint density at radius 1 is 1.14 bits per heavy atom. The number of rotatable bonds is 3. The zero-order chi connectivity index (χ0) is 19.3. The van der Waals surface area contributed by atoms with Gasteiger partial charge < -0.3 is 5.32 Å². The molecule has 8 heteroatoms. The number of urea groups is 1. The first kappa shape index (κ1) is 18.1. The van der Waals surface area contributed by atoms with Crippen molar-refractivity contribution >= 4 is 39.1 Å². The van der Waals surface area contributed by atoms with Crippen LogP contribution in [0.3, 0.4) is 0 Å². The summed E-state index contributed by atoms with van der Waals surface area (Å²) in [6.07, 6.45) is 9.00. The van der Waals surface area contributed by atoms with Gasteiger partial charge in [-0.15, -0.1) is 11.8 Å². The van der Waals surface area contributed by atoms with Gasteiger partial charge in [-0.1, -0.05) is 6.07 Å². The number of aromatic nitrogens is 2. The fourth-order valence-corrected chi connectivity index (χ4v) is 7.18. The number of hydrogen-bond acceptors (Lipinski definition) is 4. The normalized spacial score (nSPS) is 19.4. The molecule has 2 N–H and O–H groups in total. The van der Waals surface area contributed by atoms with Gasteiger partial charge in [0.25, 0.3) is 0 Å². The summed E-state index contributed by atoms with van der Waals surface area (Å²) < 4.78 is 17.7. The standard InChI is InChI=1S/C20H24N4O2S2/c1-28(26,17-12-21-24-9-4-10-27-19(17)24)23-20(25)22-18-15-7-2-5-13(15)11-14-6-3-8-16(14)18/h11-12H,1-10H2,(H2,22,23,25,26). The molecule has 0 saturated carbocycles. The van der Waals surface area contributed by atoms with E-state index in [2.05, 4.69) is 27.1 Å². The van der Waals surface area contributed by atoms with Crippen molar-refractivity contribution in [2.75, 3.05) is 11.1 Å². The molecule has 5 rings (SSSR count). The molecular weight excluding hydrogens is 392 g/mol. The summed E-state index contributed by atoms with van der Waals surface area (Å²) in [5.74, 6) is 4.80. The molecule has 0 bridgehead atoms. The number of hydrogen-bond donors (Lipinski definition) is 2. The van der Waals surface area contributed by atoms with Gasteiger partial charge in [-0.3, -0.25) is 9.40 Å². The lowest BCUT2D eigenvalue weighted by atomic mass is 9.99. The predicted molar refractivity (Wildman–Crippen MR) is 114 cm³/mol. The Morgan fingerprint density at radius 2 is 1.86 bits per heavy atom. The van der Waals surface area contributed by atoms with Crippen molar-refractivity contribution in [1.29, 1.82) is 0 Å². The maximum absolute atomic E-state index is 13.2. The minimum absolute atomic E-state index is 0.449. The highest BCUT2D eigenvalue weighted by Crippen LogP contribution is 2.38. The number of nitrogens with zero attached hydrogens (tertiary/aromatic N) is 2. The molecule has 0 spiro atoms. The Balaban J connectivity index is 1.41. The zero-order valence-electron chi connectivity index (χ0n) is 15.8.